The molecule has 1 atom stereocenters. The summed E-state index contributed by atoms with van der Waals surface area (Å²) >= 11 is 0. The van der Waals surface area contributed by atoms with Crippen LogP contribution in [0.2, 0.25) is 0 Å². The van der Waals surface area contributed by atoms with Crippen LogP contribution < -0.4 is 4.74 Å². The van der Waals surface area contributed by atoms with E-state index < -0.39 is 6.10 Å². The van der Waals surface area contributed by atoms with Gasteiger partial charge >= 0.3 is 0 Å². The Morgan fingerprint density at radius 2 is 2.29 bits per heavy atom. The van der Waals surface area contributed by atoms with Crippen molar-refractivity contribution >= 4 is 0 Å². The zero-order valence-electron chi connectivity index (χ0n) is 8.53. The van der Waals surface area contributed by atoms with E-state index in [-0.39, 0.29) is 5.41 Å². The Labute approximate surface area is 83.7 Å². The molecule has 1 fully saturated rings. The third-order valence-electron chi connectivity index (χ3n) is 3.02. The number of hydrogen-bond donors (Lipinski definition) is 1. The zero-order valence-corrected chi connectivity index (χ0v) is 8.53. The molecule has 1 aromatic heterocycles. The quantitative estimate of drug-likeness (QED) is 0.797. The van der Waals surface area contributed by atoms with Crippen molar-refractivity contribution in [3.63, 3.8) is 0 Å². The minimum Gasteiger partial charge on any atom is -0.496 e. The van der Waals surface area contributed by atoms with Gasteiger partial charge in [0.05, 0.1) is 13.2 Å². The van der Waals surface area contributed by atoms with Crippen molar-refractivity contribution in [1.29, 1.82) is 0 Å². The molecule has 2 rings (SSSR count). The lowest BCUT2D eigenvalue weighted by Gasteiger charge is -2.19. The molecule has 1 saturated carbocycles. The van der Waals surface area contributed by atoms with Crippen LogP contribution in [0.1, 0.15) is 31.4 Å². The van der Waals surface area contributed by atoms with Gasteiger partial charge < -0.3 is 9.84 Å². The average molecular weight is 193 g/mol. The van der Waals surface area contributed by atoms with Crippen LogP contribution in [-0.4, -0.2) is 17.2 Å². The Bertz CT molecular complexity index is 334. The summed E-state index contributed by atoms with van der Waals surface area (Å²) in [6.07, 6.45) is 5.06. The topological polar surface area (TPSA) is 42.4 Å². The number of aromatic nitrogens is 1. The van der Waals surface area contributed by atoms with Crippen LogP contribution in [0.15, 0.2) is 18.5 Å². The van der Waals surface area contributed by atoms with Crippen LogP contribution in [0.25, 0.3) is 0 Å². The number of hydrogen-bond acceptors (Lipinski definition) is 3. The molecule has 0 bridgehead atoms. The van der Waals surface area contributed by atoms with E-state index in [2.05, 4.69) is 11.9 Å². The molecule has 1 aliphatic carbocycles. The average Bonchev–Trinajstić information content (AvgIpc) is 2.97. The number of aliphatic hydroxyl groups excluding tert-OH is 1. The van der Waals surface area contributed by atoms with Gasteiger partial charge in [-0.2, -0.15) is 0 Å². The molecule has 1 unspecified atom stereocenters. The Balaban J connectivity index is 2.30. The normalized spacial score (nSPS) is 20.2. The van der Waals surface area contributed by atoms with Crippen LogP contribution in [0.3, 0.4) is 0 Å². The van der Waals surface area contributed by atoms with Gasteiger partial charge in [-0.15, -0.1) is 0 Å². The van der Waals surface area contributed by atoms with E-state index in [1.54, 1.807) is 25.6 Å². The highest BCUT2D eigenvalue weighted by molar-refractivity contribution is 5.34. The maximum Gasteiger partial charge on any atom is 0.127 e. The number of methoxy groups -OCH3 is 1. The second-order valence-electron chi connectivity index (χ2n) is 4.17. The van der Waals surface area contributed by atoms with Gasteiger partial charge in [-0.05, 0) is 24.3 Å². The first-order valence-electron chi connectivity index (χ1n) is 4.83. The molecule has 14 heavy (non-hydrogen) atoms. The number of ether oxygens (including phenoxy) is 1. The van der Waals surface area contributed by atoms with E-state index in [0.29, 0.717) is 0 Å². The summed E-state index contributed by atoms with van der Waals surface area (Å²) < 4.78 is 5.19. The molecule has 1 aliphatic rings. The lowest BCUT2D eigenvalue weighted by atomic mass is 9.95. The van der Waals surface area contributed by atoms with Crippen molar-refractivity contribution in [2.24, 2.45) is 5.41 Å². The summed E-state index contributed by atoms with van der Waals surface area (Å²) in [5.41, 5.74) is 0.839. The van der Waals surface area contributed by atoms with E-state index in [9.17, 15) is 5.11 Å². The highest BCUT2D eigenvalue weighted by Crippen LogP contribution is 2.55. The van der Waals surface area contributed by atoms with Crippen molar-refractivity contribution in [2.75, 3.05) is 7.11 Å². The molecule has 0 saturated heterocycles. The minimum atomic E-state index is -0.453. The van der Waals surface area contributed by atoms with E-state index in [1.165, 1.54) is 0 Å². The lowest BCUT2D eigenvalue weighted by Crippen LogP contribution is -2.11. The van der Waals surface area contributed by atoms with E-state index >= 15 is 0 Å². The second kappa shape index (κ2) is 3.24. The summed E-state index contributed by atoms with van der Waals surface area (Å²) in [4.78, 5) is 4.02. The Hall–Kier alpha value is -1.09. The molecule has 0 amide bonds. The smallest absolute Gasteiger partial charge is 0.127 e. The van der Waals surface area contributed by atoms with Crippen LogP contribution in [0.4, 0.5) is 0 Å². The molecule has 0 spiro atoms. The Kier molecular flexibility index (Phi) is 2.19. The summed E-state index contributed by atoms with van der Waals surface area (Å²) in [7, 11) is 1.61. The molecule has 3 nitrogen and oxygen atoms in total. The van der Waals surface area contributed by atoms with Gasteiger partial charge in [0.15, 0.2) is 0 Å². The van der Waals surface area contributed by atoms with Gasteiger partial charge in [-0.1, -0.05) is 6.92 Å². The van der Waals surface area contributed by atoms with Gasteiger partial charge in [0.1, 0.15) is 5.75 Å². The van der Waals surface area contributed by atoms with Gasteiger partial charge in [-0.3, -0.25) is 4.98 Å². The van der Waals surface area contributed by atoms with Crippen LogP contribution in [-0.2, 0) is 0 Å². The lowest BCUT2D eigenvalue weighted by molar-refractivity contribution is 0.100. The summed E-state index contributed by atoms with van der Waals surface area (Å²) in [6.45, 7) is 2.09. The van der Waals surface area contributed by atoms with Crippen molar-refractivity contribution in [3.05, 3.63) is 24.0 Å². The summed E-state index contributed by atoms with van der Waals surface area (Å²) in [5.74, 6) is 0.723. The van der Waals surface area contributed by atoms with Crippen LogP contribution in [0.5, 0.6) is 5.75 Å². The Morgan fingerprint density at radius 1 is 1.57 bits per heavy atom. The zero-order chi connectivity index (χ0) is 10.2. The van der Waals surface area contributed by atoms with E-state index in [0.717, 1.165) is 24.2 Å². The van der Waals surface area contributed by atoms with Gasteiger partial charge in [-0.25, -0.2) is 0 Å². The number of pyridine rings is 1. The fourth-order valence-corrected chi connectivity index (χ4v) is 1.63. The molecule has 3 heteroatoms. The number of nitrogens with zero attached hydrogens (tertiary/aromatic N) is 1. The standard InChI is InChI=1S/C11H15NO2/c1-11(4-5-11)10(13)8-7-12-6-3-9(8)14-2/h3,6-7,10,13H,4-5H2,1-2H3. The molecular formula is C11H15NO2. The largest absolute Gasteiger partial charge is 0.496 e. The number of aliphatic hydroxyl groups is 1. The maximum atomic E-state index is 10.1. The molecular weight excluding hydrogens is 178 g/mol. The van der Waals surface area contributed by atoms with Crippen LogP contribution >= 0.6 is 0 Å². The van der Waals surface area contributed by atoms with Crippen molar-refractivity contribution < 1.29 is 9.84 Å². The third kappa shape index (κ3) is 1.48. The molecule has 1 N–H and O–H groups in total. The molecule has 0 aromatic carbocycles. The van der Waals surface area contributed by atoms with Crippen molar-refractivity contribution in [1.82, 2.24) is 4.98 Å². The molecule has 76 valence electrons. The monoisotopic (exact) mass is 193 g/mol. The highest BCUT2D eigenvalue weighted by Gasteiger charge is 2.45. The van der Waals surface area contributed by atoms with Gasteiger partial charge in [0.2, 0.25) is 0 Å². The predicted octanol–water partition coefficient (Wildman–Crippen LogP) is 1.92. The molecule has 0 radical (unpaired) electrons. The SMILES string of the molecule is COc1ccncc1C(O)C1(C)CC1. The highest BCUT2D eigenvalue weighted by atomic mass is 16.5. The van der Waals surface area contributed by atoms with E-state index in [1.807, 2.05) is 0 Å². The van der Waals surface area contributed by atoms with Gasteiger partial charge in [0, 0.05) is 18.0 Å². The predicted molar refractivity (Wildman–Crippen MR) is 53.1 cm³/mol. The van der Waals surface area contributed by atoms with Crippen molar-refractivity contribution in [3.8, 4) is 5.75 Å². The second-order valence-corrected chi connectivity index (χ2v) is 4.17. The summed E-state index contributed by atoms with van der Waals surface area (Å²) in [6, 6.07) is 1.78. The van der Waals surface area contributed by atoms with Crippen molar-refractivity contribution in [2.45, 2.75) is 25.9 Å². The van der Waals surface area contributed by atoms with Crippen LogP contribution in [0, 0.1) is 5.41 Å². The third-order valence-corrected chi connectivity index (χ3v) is 3.02. The molecule has 0 aliphatic heterocycles. The van der Waals surface area contributed by atoms with Gasteiger partial charge in [0.25, 0.3) is 0 Å². The fourth-order valence-electron chi connectivity index (χ4n) is 1.63. The first kappa shape index (κ1) is 9.46. The molecule has 1 aromatic rings. The minimum absolute atomic E-state index is 0.0380. The first-order valence-corrected chi connectivity index (χ1v) is 4.83. The molecule has 1 heterocycles. The first-order chi connectivity index (χ1) is 6.67. The number of rotatable bonds is 3. The maximum absolute atomic E-state index is 10.1. The summed E-state index contributed by atoms with van der Waals surface area (Å²) in [5, 5.41) is 10.1. The Morgan fingerprint density at radius 3 is 2.86 bits per heavy atom. The fraction of sp³-hybridized carbons (Fsp3) is 0.545. The van der Waals surface area contributed by atoms with E-state index in [4.69, 9.17) is 4.74 Å².